The molecule has 110 valence electrons. The first-order valence-corrected chi connectivity index (χ1v) is 4.38. The van der Waals surface area contributed by atoms with Crippen LogP contribution in [0.4, 0.5) is 30.7 Å². The molecule has 0 aliphatic heterocycles. The molecule has 19 heavy (non-hydrogen) atoms. The van der Waals surface area contributed by atoms with E-state index in [1.54, 1.807) is 0 Å². The Morgan fingerprint density at radius 1 is 1.05 bits per heavy atom. The van der Waals surface area contributed by atoms with Gasteiger partial charge in [0, 0.05) is 0 Å². The predicted molar refractivity (Wildman–Crippen MR) is 53.3 cm³/mol. The lowest BCUT2D eigenvalue weighted by Gasteiger charge is -2.17. The lowest BCUT2D eigenvalue weighted by molar-refractivity contribution is -0.275. The summed E-state index contributed by atoms with van der Waals surface area (Å²) < 4.78 is 88.2. The Kier molecular flexibility index (Phi) is 5.45. The summed E-state index contributed by atoms with van der Waals surface area (Å²) >= 11 is 0. The van der Waals surface area contributed by atoms with Crippen LogP contribution in [0.25, 0.3) is 0 Å². The number of rotatable bonds is 2. The second-order valence-electron chi connectivity index (χ2n) is 3.26. The zero-order valence-electron chi connectivity index (χ0n) is 8.85. The maximum Gasteiger partial charge on any atom is 0.573 e. The van der Waals surface area contributed by atoms with Crippen molar-refractivity contribution >= 4 is 12.4 Å². The van der Waals surface area contributed by atoms with Crippen molar-refractivity contribution in [2.75, 3.05) is 0 Å². The van der Waals surface area contributed by atoms with Crippen molar-refractivity contribution in [2.45, 2.75) is 18.6 Å². The Labute approximate surface area is 108 Å². The molecule has 1 atom stereocenters. The van der Waals surface area contributed by atoms with E-state index in [0.29, 0.717) is 12.1 Å². The van der Waals surface area contributed by atoms with E-state index >= 15 is 0 Å². The topological polar surface area (TPSA) is 35.2 Å². The molecule has 0 saturated heterocycles. The number of hydrogen-bond donors (Lipinski definition) is 1. The minimum Gasteiger partial charge on any atom is -0.403 e. The summed E-state index contributed by atoms with van der Waals surface area (Å²) in [5.74, 6) is -2.80. The van der Waals surface area contributed by atoms with Crippen LogP contribution < -0.4 is 10.5 Å². The highest BCUT2D eigenvalue weighted by Gasteiger charge is 2.38. The van der Waals surface area contributed by atoms with Gasteiger partial charge in [-0.1, -0.05) is 6.07 Å². The minimum atomic E-state index is -5.13. The van der Waals surface area contributed by atoms with E-state index in [1.165, 1.54) is 0 Å². The van der Waals surface area contributed by atoms with E-state index in [-0.39, 0.29) is 18.5 Å². The fourth-order valence-electron chi connectivity index (χ4n) is 1.11. The van der Waals surface area contributed by atoms with Crippen LogP contribution in [0.15, 0.2) is 18.2 Å². The number of halogens is 8. The highest BCUT2D eigenvalue weighted by Crippen LogP contribution is 2.33. The molecule has 0 fully saturated rings. The van der Waals surface area contributed by atoms with Crippen molar-refractivity contribution in [2.24, 2.45) is 5.73 Å². The summed E-state index contributed by atoms with van der Waals surface area (Å²) in [6.45, 7) is 0. The Morgan fingerprint density at radius 3 is 1.95 bits per heavy atom. The van der Waals surface area contributed by atoms with E-state index in [9.17, 15) is 30.7 Å². The van der Waals surface area contributed by atoms with E-state index in [1.807, 2.05) is 0 Å². The predicted octanol–water partition coefficient (Wildman–Crippen LogP) is 3.71. The summed E-state index contributed by atoms with van der Waals surface area (Å²) in [5, 5.41) is 0. The first kappa shape index (κ1) is 17.8. The molecule has 1 aromatic rings. The van der Waals surface area contributed by atoms with Gasteiger partial charge in [0.05, 0.1) is 0 Å². The molecule has 1 aromatic carbocycles. The quantitative estimate of drug-likeness (QED) is 0.845. The van der Waals surface area contributed by atoms with Crippen molar-refractivity contribution in [3.63, 3.8) is 0 Å². The van der Waals surface area contributed by atoms with E-state index in [0.717, 1.165) is 0 Å². The molecule has 2 N–H and O–H groups in total. The number of hydrogen-bond acceptors (Lipinski definition) is 2. The molecule has 0 unspecified atom stereocenters. The molecule has 0 bridgehead atoms. The monoisotopic (exact) mass is 313 g/mol. The average molecular weight is 314 g/mol. The highest BCUT2D eigenvalue weighted by molar-refractivity contribution is 5.85. The molecule has 0 saturated carbocycles. The number of alkyl halides is 6. The van der Waals surface area contributed by atoms with Crippen LogP contribution in [-0.2, 0) is 0 Å². The van der Waals surface area contributed by atoms with Crippen LogP contribution in [-0.4, -0.2) is 12.5 Å². The summed E-state index contributed by atoms with van der Waals surface area (Å²) in [6, 6.07) is -1.18. The largest absolute Gasteiger partial charge is 0.573 e. The second-order valence-corrected chi connectivity index (χ2v) is 3.26. The maximum atomic E-state index is 13.1. The van der Waals surface area contributed by atoms with E-state index in [2.05, 4.69) is 4.74 Å². The molecular formula is C9H7ClF7NO. The molecule has 0 spiro atoms. The molecule has 10 heteroatoms. The third-order valence-electron chi connectivity index (χ3n) is 1.89. The molecule has 2 nitrogen and oxygen atoms in total. The maximum absolute atomic E-state index is 13.1. The van der Waals surface area contributed by atoms with Crippen molar-refractivity contribution in [1.29, 1.82) is 0 Å². The summed E-state index contributed by atoms with van der Waals surface area (Å²) in [7, 11) is 0. The zero-order valence-corrected chi connectivity index (χ0v) is 9.67. The fraction of sp³-hybridized carbons (Fsp3) is 0.333. The molecular weight excluding hydrogens is 307 g/mol. The molecule has 0 aliphatic carbocycles. The van der Waals surface area contributed by atoms with Gasteiger partial charge in [0.2, 0.25) is 0 Å². The van der Waals surface area contributed by atoms with Gasteiger partial charge in [0.15, 0.2) is 11.6 Å². The van der Waals surface area contributed by atoms with Crippen molar-refractivity contribution in [3.8, 4) is 5.75 Å². The van der Waals surface area contributed by atoms with Crippen LogP contribution >= 0.6 is 12.4 Å². The lowest BCUT2D eigenvalue weighted by atomic mass is 10.1. The molecule has 1 rings (SSSR count). The molecule has 0 heterocycles. The summed E-state index contributed by atoms with van der Waals surface area (Å²) in [5.41, 5.74) is 4.06. The van der Waals surface area contributed by atoms with Crippen LogP contribution in [0.5, 0.6) is 5.75 Å². The van der Waals surface area contributed by atoms with Gasteiger partial charge in [-0.3, -0.25) is 0 Å². The van der Waals surface area contributed by atoms with Gasteiger partial charge < -0.3 is 10.5 Å². The smallest absolute Gasteiger partial charge is 0.403 e. The van der Waals surface area contributed by atoms with Gasteiger partial charge in [-0.25, -0.2) is 4.39 Å². The summed E-state index contributed by atoms with van der Waals surface area (Å²) in [4.78, 5) is 0. The average Bonchev–Trinajstić information content (AvgIpc) is 2.16. The summed E-state index contributed by atoms with van der Waals surface area (Å²) in [6.07, 6.45) is -9.95. The molecule has 0 aliphatic rings. The number of benzene rings is 1. The van der Waals surface area contributed by atoms with E-state index < -0.39 is 35.7 Å². The fourth-order valence-corrected chi connectivity index (χ4v) is 1.11. The first-order valence-electron chi connectivity index (χ1n) is 4.38. The standard InChI is InChI=1S/C9H6F7NO.ClH/c10-5-3-4(7(17)8(11,12)13)1-2-6(5)18-9(14,15)16;/h1-3,7H,17H2;1H/t7-;/m0./s1. The van der Waals surface area contributed by atoms with Gasteiger partial charge in [0.1, 0.15) is 6.04 Å². The SMILES string of the molecule is Cl.N[C@@H](c1ccc(OC(F)(F)F)c(F)c1)C(F)(F)F. The van der Waals surface area contributed by atoms with Gasteiger partial charge in [-0.15, -0.1) is 25.6 Å². The van der Waals surface area contributed by atoms with Gasteiger partial charge in [0.25, 0.3) is 0 Å². The van der Waals surface area contributed by atoms with Crippen LogP contribution in [0.2, 0.25) is 0 Å². The van der Waals surface area contributed by atoms with Crippen molar-refractivity contribution in [3.05, 3.63) is 29.6 Å². The third-order valence-corrected chi connectivity index (χ3v) is 1.89. The zero-order chi connectivity index (χ0) is 14.1. The van der Waals surface area contributed by atoms with Crippen LogP contribution in [0.3, 0.4) is 0 Å². The van der Waals surface area contributed by atoms with Gasteiger partial charge >= 0.3 is 12.5 Å². The Bertz CT molecular complexity index is 432. The highest BCUT2D eigenvalue weighted by atomic mass is 35.5. The van der Waals surface area contributed by atoms with Crippen molar-refractivity contribution in [1.82, 2.24) is 0 Å². The number of ether oxygens (including phenoxy) is 1. The Balaban J connectivity index is 0.00000324. The first-order chi connectivity index (χ1) is 8.00. The van der Waals surface area contributed by atoms with Crippen LogP contribution in [0.1, 0.15) is 11.6 Å². The Hall–Kier alpha value is -1.22. The molecule has 0 radical (unpaired) electrons. The van der Waals surface area contributed by atoms with Crippen LogP contribution in [0, 0.1) is 5.82 Å². The van der Waals surface area contributed by atoms with E-state index in [4.69, 9.17) is 5.73 Å². The third kappa shape index (κ3) is 5.11. The van der Waals surface area contributed by atoms with Crippen molar-refractivity contribution < 1.29 is 35.5 Å². The normalized spacial score (nSPS) is 13.7. The molecule has 0 amide bonds. The van der Waals surface area contributed by atoms with Gasteiger partial charge in [-0.05, 0) is 17.7 Å². The molecule has 0 aromatic heterocycles. The number of nitrogens with two attached hydrogens (primary N) is 1. The Morgan fingerprint density at radius 2 is 1.58 bits per heavy atom. The minimum absolute atomic E-state index is 0. The lowest BCUT2D eigenvalue weighted by Crippen LogP contribution is -2.28. The second kappa shape index (κ2) is 5.83. The van der Waals surface area contributed by atoms with Gasteiger partial charge in [-0.2, -0.15) is 13.2 Å².